The van der Waals surface area contributed by atoms with Crippen molar-refractivity contribution < 1.29 is 79.1 Å². The average Bonchev–Trinajstić information content (AvgIpc) is 3.14. The van der Waals surface area contributed by atoms with Crippen molar-refractivity contribution in [2.75, 3.05) is 65.0 Å². The topological polar surface area (TPSA) is 237 Å². The van der Waals surface area contributed by atoms with Crippen molar-refractivity contribution >= 4 is 99.1 Å². The third-order valence-corrected chi connectivity index (χ3v) is 19.5. The molecule has 0 saturated carbocycles. The zero-order valence-electron chi connectivity index (χ0n) is 34.4. The number of hydrogen-bond donors (Lipinski definition) is 2. The molecule has 366 valence electrons. The number of nitriles is 1. The molecule has 0 bridgehead atoms. The first-order chi connectivity index (χ1) is 28.7. The molecule has 0 aromatic heterocycles. The summed E-state index contributed by atoms with van der Waals surface area (Å²) in [4.78, 5) is 23.7. The Balaban J connectivity index is 4.13. The lowest BCUT2D eigenvalue weighted by Gasteiger charge is -2.20. The molecule has 3 atom stereocenters. The number of ether oxygens (including phenoxy) is 2. The lowest BCUT2D eigenvalue weighted by Crippen LogP contribution is -2.41. The summed E-state index contributed by atoms with van der Waals surface area (Å²) in [5.41, 5.74) is -11.6. The van der Waals surface area contributed by atoms with E-state index in [9.17, 15) is 74.9 Å². The van der Waals surface area contributed by atoms with Gasteiger partial charge in [-0.25, -0.2) is 33.7 Å². The van der Waals surface area contributed by atoms with Crippen LogP contribution in [-0.4, -0.2) is 127 Å². The number of nitrogens with one attached hydrogen (secondary N) is 2. The quantitative estimate of drug-likeness (QED) is 0.0389. The molecule has 0 heterocycles. The summed E-state index contributed by atoms with van der Waals surface area (Å²) in [6.45, 7) is 3.43. The van der Waals surface area contributed by atoms with Crippen molar-refractivity contribution in [1.29, 1.82) is 5.26 Å². The van der Waals surface area contributed by atoms with Gasteiger partial charge in [-0.1, -0.05) is 26.7 Å². The maximum Gasteiger partial charge on any atom is 0.512 e. The van der Waals surface area contributed by atoms with Gasteiger partial charge in [0.05, 0.1) is 43.6 Å². The minimum Gasteiger partial charge on any atom is -0.466 e. The lowest BCUT2D eigenvalue weighted by molar-refractivity contribution is -0.144. The summed E-state index contributed by atoms with van der Waals surface area (Å²) < 4.78 is 175. The summed E-state index contributed by atoms with van der Waals surface area (Å²) in [5, 5.41) is 9.87. The van der Waals surface area contributed by atoms with Gasteiger partial charge < -0.3 is 9.47 Å². The largest absolute Gasteiger partial charge is 0.512 e. The number of carbonyl (C=O) groups is 2. The normalized spacial score (nSPS) is 14.5. The highest BCUT2D eigenvalue weighted by molar-refractivity contribution is 8.05. The number of nitrogens with zero attached hydrogens (tertiary/aromatic N) is 1. The second kappa shape index (κ2) is 31.2. The second-order valence-electron chi connectivity index (χ2n) is 13.7. The highest BCUT2D eigenvalue weighted by Gasteiger charge is 2.49. The molecule has 0 aromatic carbocycles. The number of sulfonamides is 4. The van der Waals surface area contributed by atoms with Crippen LogP contribution in [0.1, 0.15) is 90.9 Å². The Morgan fingerprint density at radius 1 is 0.629 bits per heavy atom. The van der Waals surface area contributed by atoms with Crippen molar-refractivity contribution in [2.45, 2.75) is 107 Å². The molecule has 0 aliphatic carbocycles. The number of hydrogen-bond acceptors (Lipinski definition) is 17. The molecule has 2 N–H and O–H groups in total. The summed E-state index contributed by atoms with van der Waals surface area (Å²) in [6, 6.07) is 2.39. The third-order valence-electron chi connectivity index (χ3n) is 8.19. The van der Waals surface area contributed by atoms with Crippen LogP contribution in [0, 0.1) is 23.2 Å². The summed E-state index contributed by atoms with van der Waals surface area (Å²) >= 11 is 6.79. The number of carbonyl (C=O) groups excluding carboxylic acids is 2. The van der Waals surface area contributed by atoms with E-state index in [-0.39, 0.29) is 25.2 Å². The van der Waals surface area contributed by atoms with Crippen molar-refractivity contribution in [1.82, 2.24) is 8.25 Å². The fourth-order valence-electron chi connectivity index (χ4n) is 4.84. The van der Waals surface area contributed by atoms with Crippen molar-refractivity contribution in [3.05, 3.63) is 0 Å². The van der Waals surface area contributed by atoms with E-state index < -0.39 is 94.2 Å². The maximum atomic E-state index is 12.4. The molecule has 0 amide bonds. The minimum absolute atomic E-state index is 0.0184. The number of esters is 2. The molecule has 0 aliphatic rings. The van der Waals surface area contributed by atoms with Crippen LogP contribution in [0.25, 0.3) is 0 Å². The lowest BCUT2D eigenvalue weighted by atomic mass is 9.96. The first-order valence-electron chi connectivity index (χ1n) is 19.4. The van der Waals surface area contributed by atoms with E-state index in [1.54, 1.807) is 11.8 Å². The molecule has 15 nitrogen and oxygen atoms in total. The molecular weight excluding hydrogens is 1000 g/mol. The maximum absolute atomic E-state index is 12.4. The van der Waals surface area contributed by atoms with Gasteiger partial charge in [0, 0.05) is 22.7 Å². The van der Waals surface area contributed by atoms with Crippen LogP contribution in [0.5, 0.6) is 0 Å². The second-order valence-corrected chi connectivity index (χ2v) is 26.3. The van der Waals surface area contributed by atoms with Crippen LogP contribution in [0.2, 0.25) is 0 Å². The van der Waals surface area contributed by atoms with E-state index in [1.807, 2.05) is 30.4 Å². The van der Waals surface area contributed by atoms with Crippen LogP contribution in [0.4, 0.5) is 26.3 Å². The van der Waals surface area contributed by atoms with Gasteiger partial charge in [-0.3, -0.25) is 9.59 Å². The summed E-state index contributed by atoms with van der Waals surface area (Å²) in [6.07, 6.45) is 6.90. The Labute approximate surface area is 379 Å². The molecule has 3 unspecified atom stereocenters. The standard InChI is InChI=1S/C33H57F6N3O12S8/c1-3-28(26-40)25-29(58-19-8-18-57-22-13-31(44)54-15-6-24-60(47,48)42-62(51,52)33(37,38)39)10-4-9-27(2)11-20-55-16-7-17-56-21-12-30(43)53-14-5-23-59(45,46)41-61(49,50)32(34,35)36/h27-29,41-42H,3-25H2,1-2H3. The molecule has 0 rings (SSSR count). The van der Waals surface area contributed by atoms with Crippen molar-refractivity contribution in [3.63, 3.8) is 0 Å². The monoisotopic (exact) mass is 1060 g/mol. The first-order valence-corrected chi connectivity index (χ1v) is 30.2. The Morgan fingerprint density at radius 3 is 1.48 bits per heavy atom. The first kappa shape index (κ1) is 61.1. The molecule has 0 spiro atoms. The van der Waals surface area contributed by atoms with Gasteiger partial charge in [-0.05, 0) is 86.0 Å². The number of alkyl halides is 6. The highest BCUT2D eigenvalue weighted by atomic mass is 32.3. The van der Waals surface area contributed by atoms with Crippen molar-refractivity contribution in [3.8, 4) is 6.07 Å². The molecule has 62 heavy (non-hydrogen) atoms. The number of halogens is 6. The van der Waals surface area contributed by atoms with Gasteiger partial charge in [0.2, 0.25) is 20.0 Å². The minimum atomic E-state index is -6.07. The predicted molar refractivity (Wildman–Crippen MR) is 233 cm³/mol. The van der Waals surface area contributed by atoms with E-state index in [0.29, 0.717) is 30.9 Å². The summed E-state index contributed by atoms with van der Waals surface area (Å²) in [5.74, 6) is 2.71. The van der Waals surface area contributed by atoms with E-state index in [2.05, 4.69) is 13.0 Å². The van der Waals surface area contributed by atoms with Gasteiger partial charge in [0.15, 0.2) is 0 Å². The molecule has 0 aromatic rings. The Hall–Kier alpha value is -0.870. The van der Waals surface area contributed by atoms with Gasteiger partial charge in [-0.2, -0.15) is 78.7 Å². The fourth-order valence-corrected chi connectivity index (χ4v) is 14.5. The molecule has 0 aliphatic heterocycles. The van der Waals surface area contributed by atoms with Gasteiger partial charge in [-0.15, -0.1) is 8.25 Å². The van der Waals surface area contributed by atoms with E-state index >= 15 is 0 Å². The van der Waals surface area contributed by atoms with Crippen LogP contribution in [0.3, 0.4) is 0 Å². The molecular formula is C33H57F6N3O12S8. The Bertz CT molecular complexity index is 1800. The van der Waals surface area contributed by atoms with E-state index in [1.165, 1.54) is 11.8 Å². The zero-order valence-corrected chi connectivity index (χ0v) is 40.9. The molecule has 29 heteroatoms. The molecule has 0 radical (unpaired) electrons. The predicted octanol–water partition coefficient (Wildman–Crippen LogP) is 6.39. The Morgan fingerprint density at radius 2 is 1.06 bits per heavy atom. The van der Waals surface area contributed by atoms with Crippen LogP contribution in [0.15, 0.2) is 0 Å². The van der Waals surface area contributed by atoms with Crippen molar-refractivity contribution in [2.24, 2.45) is 11.8 Å². The number of rotatable bonds is 37. The molecule has 0 saturated heterocycles. The van der Waals surface area contributed by atoms with Gasteiger partial charge >= 0.3 is 43.0 Å². The fraction of sp³-hybridized carbons (Fsp3) is 0.909. The zero-order chi connectivity index (χ0) is 47.5. The number of thioether (sulfide) groups is 4. The highest BCUT2D eigenvalue weighted by Crippen LogP contribution is 2.29. The van der Waals surface area contributed by atoms with Crippen LogP contribution >= 0.6 is 47.0 Å². The van der Waals surface area contributed by atoms with E-state index in [0.717, 1.165) is 80.1 Å². The third kappa shape index (κ3) is 30.4. The van der Waals surface area contributed by atoms with Crippen LogP contribution in [-0.2, 0) is 59.2 Å². The smallest absolute Gasteiger partial charge is 0.466 e. The SMILES string of the molecule is CCC(C#N)CC(CCCC(C)CCSCCCSCCC(=O)OCCCS(=O)(=O)NS(=O)(=O)C(F)(F)F)SCCCSCCC(=O)OCCCS(=O)(=O)NS(=O)(=O)C(F)(F)F. The summed E-state index contributed by atoms with van der Waals surface area (Å²) in [7, 11) is -21.7. The van der Waals surface area contributed by atoms with E-state index in [4.69, 9.17) is 9.47 Å². The van der Waals surface area contributed by atoms with Gasteiger partial charge in [0.25, 0.3) is 0 Å². The molecule has 0 fully saturated rings. The van der Waals surface area contributed by atoms with Gasteiger partial charge in [0.1, 0.15) is 0 Å². The Kier molecular flexibility index (Phi) is 30.7. The average molecular weight is 1060 g/mol. The van der Waals surface area contributed by atoms with Crippen LogP contribution < -0.4 is 8.25 Å².